The Bertz CT molecular complexity index is 728. The Morgan fingerprint density at radius 2 is 1.85 bits per heavy atom. The maximum atomic E-state index is 11.6. The number of benzene rings is 2. The number of carbonyl (C=O) groups is 1. The highest BCUT2D eigenvalue weighted by Crippen LogP contribution is 2.21. The first-order chi connectivity index (χ1) is 12.7. The van der Waals surface area contributed by atoms with E-state index in [0.29, 0.717) is 11.3 Å². The smallest absolute Gasteiger partial charge is 0.250 e. The molecule has 3 rings (SSSR count). The quantitative estimate of drug-likeness (QED) is 0.796. The van der Waals surface area contributed by atoms with Crippen molar-refractivity contribution in [3.8, 4) is 5.75 Å². The van der Waals surface area contributed by atoms with Crippen LogP contribution in [0.15, 0.2) is 48.5 Å². The molecule has 0 unspecified atom stereocenters. The maximum Gasteiger partial charge on any atom is 0.250 e. The van der Waals surface area contributed by atoms with Crippen molar-refractivity contribution in [3.63, 3.8) is 0 Å². The van der Waals surface area contributed by atoms with Crippen LogP contribution in [-0.2, 0) is 0 Å². The molecule has 1 amide bonds. The van der Waals surface area contributed by atoms with Gasteiger partial charge < -0.3 is 20.7 Å². The molecule has 0 aliphatic carbocycles. The van der Waals surface area contributed by atoms with Crippen molar-refractivity contribution < 1.29 is 9.53 Å². The van der Waals surface area contributed by atoms with Gasteiger partial charge in [0.25, 0.3) is 5.91 Å². The summed E-state index contributed by atoms with van der Waals surface area (Å²) < 4.78 is 5.16. The molecular formula is C20H26N4O2. The van der Waals surface area contributed by atoms with Crippen LogP contribution >= 0.6 is 0 Å². The van der Waals surface area contributed by atoms with Gasteiger partial charge >= 0.3 is 0 Å². The Morgan fingerprint density at radius 3 is 2.50 bits per heavy atom. The molecule has 1 fully saturated rings. The SMILES string of the molecule is COc1ccc(NCCN2CCN(c3ccccc3)CC2)c(C(N)=O)c1. The highest BCUT2D eigenvalue weighted by Gasteiger charge is 2.17. The van der Waals surface area contributed by atoms with Gasteiger partial charge in [-0.3, -0.25) is 9.69 Å². The molecule has 1 aliphatic heterocycles. The van der Waals surface area contributed by atoms with E-state index in [9.17, 15) is 4.79 Å². The molecule has 1 aliphatic rings. The predicted octanol–water partition coefficient (Wildman–Crippen LogP) is 2.03. The van der Waals surface area contributed by atoms with Gasteiger partial charge in [0.15, 0.2) is 0 Å². The Balaban J connectivity index is 1.48. The molecule has 3 N–H and O–H groups in total. The fourth-order valence-electron chi connectivity index (χ4n) is 3.23. The number of rotatable bonds is 7. The maximum absolute atomic E-state index is 11.6. The van der Waals surface area contributed by atoms with Crippen LogP contribution in [0.1, 0.15) is 10.4 Å². The molecule has 0 atom stereocenters. The van der Waals surface area contributed by atoms with Gasteiger partial charge in [-0.2, -0.15) is 0 Å². The molecular weight excluding hydrogens is 328 g/mol. The lowest BCUT2D eigenvalue weighted by atomic mass is 10.1. The molecule has 0 aromatic heterocycles. The van der Waals surface area contributed by atoms with Gasteiger partial charge in [-0.05, 0) is 30.3 Å². The molecule has 0 saturated carbocycles. The van der Waals surface area contributed by atoms with E-state index in [-0.39, 0.29) is 0 Å². The van der Waals surface area contributed by atoms with Crippen molar-refractivity contribution in [2.24, 2.45) is 5.73 Å². The minimum absolute atomic E-state index is 0.456. The number of anilines is 2. The third kappa shape index (κ3) is 4.46. The van der Waals surface area contributed by atoms with Crippen molar-refractivity contribution in [2.45, 2.75) is 0 Å². The van der Waals surface area contributed by atoms with Crippen molar-refractivity contribution in [3.05, 3.63) is 54.1 Å². The highest BCUT2D eigenvalue weighted by molar-refractivity contribution is 5.98. The minimum Gasteiger partial charge on any atom is -0.497 e. The standard InChI is InChI=1S/C20H26N4O2/c1-26-17-7-8-19(18(15-17)20(21)25)22-9-10-23-11-13-24(14-12-23)16-5-3-2-4-6-16/h2-8,15,22H,9-14H2,1H3,(H2,21,25). The summed E-state index contributed by atoms with van der Waals surface area (Å²) in [6.45, 7) is 5.80. The average molecular weight is 354 g/mol. The first-order valence-electron chi connectivity index (χ1n) is 8.91. The largest absolute Gasteiger partial charge is 0.497 e. The predicted molar refractivity (Wildman–Crippen MR) is 105 cm³/mol. The molecule has 6 nitrogen and oxygen atoms in total. The summed E-state index contributed by atoms with van der Waals surface area (Å²) >= 11 is 0. The average Bonchev–Trinajstić information content (AvgIpc) is 2.69. The summed E-state index contributed by atoms with van der Waals surface area (Å²) in [5.41, 5.74) is 7.97. The molecule has 2 aromatic rings. The Kier molecular flexibility index (Phi) is 5.96. The number of nitrogens with one attached hydrogen (secondary N) is 1. The van der Waals surface area contributed by atoms with Gasteiger partial charge in [-0.15, -0.1) is 0 Å². The lowest BCUT2D eigenvalue weighted by Crippen LogP contribution is -2.47. The van der Waals surface area contributed by atoms with Crippen molar-refractivity contribution in [2.75, 3.05) is 56.6 Å². The summed E-state index contributed by atoms with van der Waals surface area (Å²) in [4.78, 5) is 16.5. The molecule has 0 bridgehead atoms. The van der Waals surface area contributed by atoms with Gasteiger partial charge in [0, 0.05) is 50.6 Å². The summed E-state index contributed by atoms with van der Waals surface area (Å²) in [6, 6.07) is 15.9. The minimum atomic E-state index is -0.456. The number of nitrogens with two attached hydrogens (primary N) is 1. The molecule has 26 heavy (non-hydrogen) atoms. The number of hydrogen-bond acceptors (Lipinski definition) is 5. The number of para-hydroxylation sites is 1. The van der Waals surface area contributed by atoms with Crippen LogP contribution in [-0.4, -0.2) is 57.2 Å². The second-order valence-electron chi connectivity index (χ2n) is 6.37. The van der Waals surface area contributed by atoms with E-state index in [1.165, 1.54) is 5.69 Å². The van der Waals surface area contributed by atoms with Gasteiger partial charge in [-0.25, -0.2) is 0 Å². The third-order valence-electron chi connectivity index (χ3n) is 4.73. The fraction of sp³-hybridized carbons (Fsp3) is 0.350. The zero-order valence-electron chi connectivity index (χ0n) is 15.1. The van der Waals surface area contributed by atoms with Gasteiger partial charge in [0.1, 0.15) is 5.75 Å². The molecule has 1 heterocycles. The second kappa shape index (κ2) is 8.58. The van der Waals surface area contributed by atoms with Crippen molar-refractivity contribution in [1.82, 2.24) is 4.90 Å². The highest BCUT2D eigenvalue weighted by atomic mass is 16.5. The van der Waals surface area contributed by atoms with Crippen LogP contribution in [0.25, 0.3) is 0 Å². The zero-order valence-corrected chi connectivity index (χ0v) is 15.1. The van der Waals surface area contributed by atoms with E-state index >= 15 is 0 Å². The topological polar surface area (TPSA) is 70.8 Å². The summed E-state index contributed by atoms with van der Waals surface area (Å²) in [5.74, 6) is 0.171. The van der Waals surface area contributed by atoms with Crippen LogP contribution < -0.4 is 20.7 Å². The summed E-state index contributed by atoms with van der Waals surface area (Å²) in [7, 11) is 1.57. The molecule has 6 heteroatoms. The van der Waals surface area contributed by atoms with Gasteiger partial charge in [0.2, 0.25) is 0 Å². The van der Waals surface area contributed by atoms with E-state index in [4.69, 9.17) is 10.5 Å². The van der Waals surface area contributed by atoms with Crippen LogP contribution in [0, 0.1) is 0 Å². The van der Waals surface area contributed by atoms with E-state index in [1.807, 2.05) is 18.2 Å². The van der Waals surface area contributed by atoms with Crippen LogP contribution in [0.3, 0.4) is 0 Å². The van der Waals surface area contributed by atoms with E-state index in [0.717, 1.165) is 45.0 Å². The lowest BCUT2D eigenvalue weighted by Gasteiger charge is -2.36. The molecule has 138 valence electrons. The van der Waals surface area contributed by atoms with Gasteiger partial charge in [-0.1, -0.05) is 18.2 Å². The Labute approximate surface area is 154 Å². The van der Waals surface area contributed by atoms with E-state index in [1.54, 1.807) is 13.2 Å². The zero-order chi connectivity index (χ0) is 18.4. The molecule has 0 radical (unpaired) electrons. The normalized spacial score (nSPS) is 14.9. The monoisotopic (exact) mass is 354 g/mol. The number of primary amides is 1. The van der Waals surface area contributed by atoms with Gasteiger partial charge in [0.05, 0.1) is 12.7 Å². The van der Waals surface area contributed by atoms with E-state index < -0.39 is 5.91 Å². The number of methoxy groups -OCH3 is 1. The van der Waals surface area contributed by atoms with Crippen molar-refractivity contribution >= 4 is 17.3 Å². The third-order valence-corrected chi connectivity index (χ3v) is 4.73. The van der Waals surface area contributed by atoms with Crippen LogP contribution in [0.4, 0.5) is 11.4 Å². The number of ether oxygens (including phenoxy) is 1. The Morgan fingerprint density at radius 1 is 1.12 bits per heavy atom. The summed E-state index contributed by atoms with van der Waals surface area (Å²) in [6.07, 6.45) is 0. The molecule has 1 saturated heterocycles. The number of nitrogens with zero attached hydrogens (tertiary/aromatic N) is 2. The fourth-order valence-corrected chi connectivity index (χ4v) is 3.23. The lowest BCUT2D eigenvalue weighted by molar-refractivity contribution is 0.100. The van der Waals surface area contributed by atoms with Crippen LogP contribution in [0.5, 0.6) is 5.75 Å². The number of piperazine rings is 1. The summed E-state index contributed by atoms with van der Waals surface area (Å²) in [5, 5.41) is 3.32. The van der Waals surface area contributed by atoms with Crippen molar-refractivity contribution in [1.29, 1.82) is 0 Å². The number of carbonyl (C=O) groups excluding carboxylic acids is 1. The second-order valence-corrected chi connectivity index (χ2v) is 6.37. The molecule has 2 aromatic carbocycles. The Hall–Kier alpha value is -2.73. The van der Waals surface area contributed by atoms with Crippen LogP contribution in [0.2, 0.25) is 0 Å². The molecule has 0 spiro atoms. The first-order valence-corrected chi connectivity index (χ1v) is 8.91. The first kappa shape index (κ1) is 18.1. The number of amides is 1. The van der Waals surface area contributed by atoms with E-state index in [2.05, 4.69) is 39.4 Å². The number of hydrogen-bond donors (Lipinski definition) is 2.